The van der Waals surface area contributed by atoms with Crippen molar-refractivity contribution < 1.29 is 32.4 Å². The molecule has 1 aliphatic carbocycles. The Kier molecular flexibility index (Phi) is 7.82. The monoisotopic (exact) mass is 617 g/mol. The van der Waals surface area contributed by atoms with Gasteiger partial charge in [0, 0.05) is 11.6 Å². The molecule has 1 saturated heterocycles. The highest BCUT2D eigenvalue weighted by Crippen LogP contribution is 2.65. The number of hydrogen-bond acceptors (Lipinski definition) is 4. The van der Waals surface area contributed by atoms with Crippen molar-refractivity contribution >= 4 is 81.4 Å². The number of alkyl halides is 5. The van der Waals surface area contributed by atoms with Crippen molar-refractivity contribution in [3.63, 3.8) is 0 Å². The zero-order valence-electron chi connectivity index (χ0n) is 18.2. The van der Waals surface area contributed by atoms with Gasteiger partial charge in [-0.2, -0.15) is 13.2 Å². The van der Waals surface area contributed by atoms with E-state index in [0.717, 1.165) is 0 Å². The highest BCUT2D eigenvalue weighted by molar-refractivity contribution is 6.53. The summed E-state index contributed by atoms with van der Waals surface area (Å²) in [6, 6.07) is 7.42. The predicted octanol–water partition coefficient (Wildman–Crippen LogP) is 5.61. The van der Waals surface area contributed by atoms with Crippen LogP contribution in [0.3, 0.4) is 0 Å². The topological polar surface area (TPSA) is 87.7 Å². The standard InChI is InChI=1S/C22H15Cl5F3N3O4/c23-12-4-2-10(6-11(12)18(34)32-15-7-37-33(20(15)36)8-21(28,29)30)31-19(35)17-16(22(17,26)27)9-1-3-13(24)14(25)5-9/h1-6,15-17H,7-8H2,(H,31,35)(H,32,34)/t15-,16-,17+/m1/s1. The van der Waals surface area contributed by atoms with Crippen molar-refractivity contribution in [2.45, 2.75) is 22.5 Å². The first-order valence-corrected chi connectivity index (χ1v) is 12.3. The second-order valence-electron chi connectivity index (χ2n) is 8.30. The van der Waals surface area contributed by atoms with Crippen molar-refractivity contribution in [3.8, 4) is 0 Å². The van der Waals surface area contributed by atoms with Crippen LogP contribution in [-0.4, -0.2) is 52.5 Å². The molecule has 3 amide bonds. The lowest BCUT2D eigenvalue weighted by molar-refractivity contribution is -0.214. The summed E-state index contributed by atoms with van der Waals surface area (Å²) in [5.74, 6) is -3.89. The molecule has 0 radical (unpaired) electrons. The summed E-state index contributed by atoms with van der Waals surface area (Å²) < 4.78 is 36.3. The molecule has 2 aromatic carbocycles. The number of hydroxylamine groups is 2. The van der Waals surface area contributed by atoms with Crippen molar-refractivity contribution in [2.75, 3.05) is 18.5 Å². The molecule has 15 heteroatoms. The number of amides is 3. The molecule has 2 aliphatic rings. The van der Waals surface area contributed by atoms with Crippen LogP contribution < -0.4 is 10.6 Å². The number of benzene rings is 2. The maximum atomic E-state index is 12.9. The Balaban J connectivity index is 1.44. The molecular formula is C22H15Cl5F3N3O4. The summed E-state index contributed by atoms with van der Waals surface area (Å²) >= 11 is 30.8. The van der Waals surface area contributed by atoms with Gasteiger partial charge < -0.3 is 10.6 Å². The van der Waals surface area contributed by atoms with Crippen molar-refractivity contribution in [3.05, 3.63) is 62.6 Å². The number of anilines is 1. The van der Waals surface area contributed by atoms with E-state index in [0.29, 0.717) is 10.6 Å². The first-order chi connectivity index (χ1) is 17.2. The summed E-state index contributed by atoms with van der Waals surface area (Å²) in [5, 5.41) is 5.60. The fourth-order valence-corrected chi connectivity index (χ4v) is 5.21. The maximum Gasteiger partial charge on any atom is 0.408 e. The summed E-state index contributed by atoms with van der Waals surface area (Å²) in [7, 11) is 0. The number of halogens is 8. The first kappa shape index (κ1) is 28.1. The van der Waals surface area contributed by atoms with Gasteiger partial charge in [-0.3, -0.25) is 19.2 Å². The molecule has 0 bridgehead atoms. The van der Waals surface area contributed by atoms with E-state index >= 15 is 0 Å². The van der Waals surface area contributed by atoms with Crippen LogP contribution in [0.1, 0.15) is 21.8 Å². The van der Waals surface area contributed by atoms with Gasteiger partial charge in [-0.05, 0) is 35.9 Å². The summed E-state index contributed by atoms with van der Waals surface area (Å²) in [4.78, 5) is 42.5. The lowest BCUT2D eigenvalue weighted by Crippen LogP contribution is -2.44. The smallest absolute Gasteiger partial charge is 0.338 e. The molecule has 2 aromatic rings. The average molecular weight is 620 g/mol. The van der Waals surface area contributed by atoms with Crippen LogP contribution >= 0.6 is 58.0 Å². The molecule has 198 valence electrons. The zero-order chi connectivity index (χ0) is 27.3. The third-order valence-corrected chi connectivity index (χ3v) is 7.70. The van der Waals surface area contributed by atoms with Gasteiger partial charge in [0.1, 0.15) is 23.5 Å². The van der Waals surface area contributed by atoms with Crippen molar-refractivity contribution in [1.82, 2.24) is 10.4 Å². The van der Waals surface area contributed by atoms with E-state index in [-0.39, 0.29) is 26.4 Å². The highest BCUT2D eigenvalue weighted by atomic mass is 35.5. The molecule has 1 saturated carbocycles. The van der Waals surface area contributed by atoms with Crippen LogP contribution in [0.4, 0.5) is 18.9 Å². The van der Waals surface area contributed by atoms with E-state index in [4.69, 9.17) is 62.8 Å². The van der Waals surface area contributed by atoms with Crippen LogP contribution in [0.5, 0.6) is 0 Å². The Bertz CT molecular complexity index is 1280. The van der Waals surface area contributed by atoms with Gasteiger partial charge in [0.25, 0.3) is 11.8 Å². The molecule has 4 rings (SSSR count). The van der Waals surface area contributed by atoms with Gasteiger partial charge >= 0.3 is 6.18 Å². The van der Waals surface area contributed by atoms with E-state index in [1.807, 2.05) is 0 Å². The molecule has 1 aliphatic heterocycles. The van der Waals surface area contributed by atoms with E-state index in [9.17, 15) is 27.6 Å². The van der Waals surface area contributed by atoms with Gasteiger partial charge in [0.2, 0.25) is 5.91 Å². The van der Waals surface area contributed by atoms with Crippen LogP contribution in [0.2, 0.25) is 15.1 Å². The number of nitrogens with one attached hydrogen (secondary N) is 2. The Morgan fingerprint density at radius 1 is 1.05 bits per heavy atom. The minimum Gasteiger partial charge on any atom is -0.338 e. The van der Waals surface area contributed by atoms with E-state index in [2.05, 4.69) is 10.6 Å². The van der Waals surface area contributed by atoms with Crippen LogP contribution in [0, 0.1) is 5.92 Å². The molecule has 1 heterocycles. The second kappa shape index (κ2) is 10.3. The molecule has 37 heavy (non-hydrogen) atoms. The Labute approximate surface area is 233 Å². The fraction of sp³-hybridized carbons (Fsp3) is 0.318. The van der Waals surface area contributed by atoms with Crippen molar-refractivity contribution in [1.29, 1.82) is 0 Å². The van der Waals surface area contributed by atoms with Gasteiger partial charge in [-0.1, -0.05) is 40.9 Å². The van der Waals surface area contributed by atoms with E-state index < -0.39 is 59.3 Å². The molecule has 7 nitrogen and oxygen atoms in total. The SMILES string of the molecule is O=C(N[C@@H]1CON(CC(F)(F)F)C1=O)c1cc(NC(=O)[C@@H]2[C@@H](c3ccc(Cl)c(Cl)c3)C2(Cl)Cl)ccc1Cl. The normalized spacial score (nSPS) is 22.6. The van der Waals surface area contributed by atoms with Crippen LogP contribution in [0.25, 0.3) is 0 Å². The second-order valence-corrected chi connectivity index (χ2v) is 11.0. The zero-order valence-corrected chi connectivity index (χ0v) is 22.0. The summed E-state index contributed by atoms with van der Waals surface area (Å²) in [5.41, 5.74) is 0.635. The molecule has 0 unspecified atom stereocenters. The van der Waals surface area contributed by atoms with Gasteiger partial charge in [-0.15, -0.1) is 23.2 Å². The largest absolute Gasteiger partial charge is 0.408 e. The molecule has 0 aromatic heterocycles. The number of hydrogen-bond donors (Lipinski definition) is 2. The minimum absolute atomic E-state index is 0.0295. The Morgan fingerprint density at radius 3 is 2.38 bits per heavy atom. The number of carbonyl (C=O) groups excluding carboxylic acids is 3. The fourth-order valence-electron chi connectivity index (χ4n) is 3.87. The molecule has 3 atom stereocenters. The molecular weight excluding hydrogens is 605 g/mol. The van der Waals surface area contributed by atoms with Crippen molar-refractivity contribution in [2.24, 2.45) is 5.92 Å². The minimum atomic E-state index is -4.67. The van der Waals surface area contributed by atoms with E-state index in [1.165, 1.54) is 18.2 Å². The Hall–Kier alpha value is -1.95. The Morgan fingerprint density at radius 2 is 1.73 bits per heavy atom. The average Bonchev–Trinajstić information content (AvgIpc) is 3.24. The quantitative estimate of drug-likeness (QED) is 0.412. The molecule has 2 N–H and O–H groups in total. The number of rotatable bonds is 6. The van der Waals surface area contributed by atoms with Gasteiger partial charge in [0.15, 0.2) is 0 Å². The number of carbonyl (C=O) groups is 3. The number of nitrogens with zero attached hydrogens (tertiary/aromatic N) is 1. The third kappa shape index (κ3) is 6.05. The highest BCUT2D eigenvalue weighted by Gasteiger charge is 2.67. The lowest BCUT2D eigenvalue weighted by atomic mass is 10.1. The molecule has 0 spiro atoms. The third-order valence-electron chi connectivity index (χ3n) is 5.69. The maximum absolute atomic E-state index is 12.9. The van der Waals surface area contributed by atoms with Gasteiger partial charge in [-0.25, -0.2) is 5.06 Å². The summed E-state index contributed by atoms with van der Waals surface area (Å²) in [6.45, 7) is -2.10. The van der Waals surface area contributed by atoms with Crippen LogP contribution in [-0.2, 0) is 14.4 Å². The van der Waals surface area contributed by atoms with Gasteiger partial charge in [0.05, 0.1) is 26.5 Å². The molecule has 2 fully saturated rings. The first-order valence-electron chi connectivity index (χ1n) is 10.4. The van der Waals surface area contributed by atoms with Crippen LogP contribution in [0.15, 0.2) is 36.4 Å². The van der Waals surface area contributed by atoms with E-state index in [1.54, 1.807) is 18.2 Å². The predicted molar refractivity (Wildman–Crippen MR) is 132 cm³/mol. The lowest BCUT2D eigenvalue weighted by Gasteiger charge is -2.16. The summed E-state index contributed by atoms with van der Waals surface area (Å²) in [6.07, 6.45) is -4.67.